The molecule has 2 heterocycles. The third-order valence-electron chi connectivity index (χ3n) is 6.67. The number of rotatable bonds is 7. The van der Waals surface area contributed by atoms with Crippen LogP contribution in [0.25, 0.3) is 10.9 Å². The summed E-state index contributed by atoms with van der Waals surface area (Å²) >= 11 is 0. The zero-order valence-corrected chi connectivity index (χ0v) is 20.3. The van der Waals surface area contributed by atoms with Crippen LogP contribution < -0.4 is 10.2 Å². The first-order valence-electron chi connectivity index (χ1n) is 11.0. The van der Waals surface area contributed by atoms with E-state index in [9.17, 15) is 27.1 Å². The molecule has 3 aromatic rings. The second-order valence-electron chi connectivity index (χ2n) is 9.46. The van der Waals surface area contributed by atoms with Gasteiger partial charge < -0.3 is 14.4 Å². The second-order valence-corrected chi connectivity index (χ2v) is 11.5. The SMILES string of the molecule is CC(O)(Cn1ccc(=O)c2ccccc21)C(F)C(C)(c1cc(S(C)(=O)=O)cc2c1OCC2)C(F)F. The number of alkyl halides is 3. The Balaban J connectivity index is 1.84. The van der Waals surface area contributed by atoms with Gasteiger partial charge in [-0.25, -0.2) is 21.6 Å². The van der Waals surface area contributed by atoms with Gasteiger partial charge in [0.25, 0.3) is 6.43 Å². The Morgan fingerprint density at radius 3 is 2.49 bits per heavy atom. The molecule has 1 aliphatic heterocycles. The number of nitrogens with zero attached hydrogens (tertiary/aromatic N) is 1. The van der Waals surface area contributed by atoms with Gasteiger partial charge in [-0.2, -0.15) is 0 Å². The van der Waals surface area contributed by atoms with Crippen molar-refractivity contribution in [3.63, 3.8) is 0 Å². The topological polar surface area (TPSA) is 85.6 Å². The summed E-state index contributed by atoms with van der Waals surface area (Å²) in [6.07, 6.45) is -3.24. The van der Waals surface area contributed by atoms with E-state index in [-0.39, 0.29) is 28.2 Å². The number of para-hydroxylation sites is 1. The van der Waals surface area contributed by atoms with Crippen molar-refractivity contribution < 1.29 is 31.4 Å². The molecule has 35 heavy (non-hydrogen) atoms. The van der Waals surface area contributed by atoms with Gasteiger partial charge in [0.05, 0.1) is 29.0 Å². The predicted octanol–water partition coefficient (Wildman–Crippen LogP) is 3.65. The largest absolute Gasteiger partial charge is 0.493 e. The normalized spacial score (nSPS) is 18.1. The Labute approximate surface area is 200 Å². The van der Waals surface area contributed by atoms with Gasteiger partial charge in [-0.1, -0.05) is 12.1 Å². The molecule has 4 rings (SSSR count). The van der Waals surface area contributed by atoms with Gasteiger partial charge in [-0.3, -0.25) is 4.79 Å². The van der Waals surface area contributed by atoms with E-state index >= 15 is 4.39 Å². The highest BCUT2D eigenvalue weighted by atomic mass is 32.2. The van der Waals surface area contributed by atoms with E-state index in [2.05, 4.69) is 0 Å². The van der Waals surface area contributed by atoms with Crippen molar-refractivity contribution in [3.8, 4) is 5.75 Å². The van der Waals surface area contributed by atoms with Crippen LogP contribution in [-0.4, -0.2) is 49.2 Å². The number of ether oxygens (including phenoxy) is 1. The van der Waals surface area contributed by atoms with E-state index in [1.807, 2.05) is 0 Å². The number of halogens is 3. The number of fused-ring (bicyclic) bond motifs is 2. The van der Waals surface area contributed by atoms with E-state index in [0.29, 0.717) is 22.9 Å². The molecule has 1 aliphatic rings. The van der Waals surface area contributed by atoms with Gasteiger partial charge in [0.15, 0.2) is 15.3 Å². The highest BCUT2D eigenvalue weighted by Crippen LogP contribution is 2.48. The van der Waals surface area contributed by atoms with Gasteiger partial charge in [0.2, 0.25) is 0 Å². The smallest absolute Gasteiger partial charge is 0.250 e. The molecule has 1 N–H and O–H groups in total. The first kappa shape index (κ1) is 25.2. The van der Waals surface area contributed by atoms with Crippen LogP contribution in [0.15, 0.2) is 58.4 Å². The van der Waals surface area contributed by atoms with E-state index in [1.165, 1.54) is 22.9 Å². The average Bonchev–Trinajstić information content (AvgIpc) is 3.27. The molecule has 0 spiro atoms. The molecule has 0 saturated carbocycles. The van der Waals surface area contributed by atoms with Crippen molar-refractivity contribution in [2.45, 2.75) is 55.3 Å². The molecular weight excluding hydrogens is 483 g/mol. The zero-order valence-electron chi connectivity index (χ0n) is 19.5. The third-order valence-corrected chi connectivity index (χ3v) is 7.76. The van der Waals surface area contributed by atoms with Crippen molar-refractivity contribution in [1.29, 1.82) is 0 Å². The van der Waals surface area contributed by atoms with Crippen LogP contribution in [0, 0.1) is 0 Å². The summed E-state index contributed by atoms with van der Waals surface area (Å²) in [5.41, 5.74) is -4.71. The predicted molar refractivity (Wildman–Crippen MR) is 126 cm³/mol. The Bertz CT molecular complexity index is 1450. The monoisotopic (exact) mass is 509 g/mol. The number of hydrogen-bond acceptors (Lipinski definition) is 5. The van der Waals surface area contributed by atoms with Crippen molar-refractivity contribution in [3.05, 3.63) is 70.0 Å². The van der Waals surface area contributed by atoms with Gasteiger partial charge in [-0.15, -0.1) is 0 Å². The lowest BCUT2D eigenvalue weighted by atomic mass is 9.71. The number of sulfone groups is 1. The molecule has 0 amide bonds. The molecular formula is C25H26F3NO5S. The summed E-state index contributed by atoms with van der Waals surface area (Å²) in [5, 5.41) is 11.6. The molecule has 2 aromatic carbocycles. The van der Waals surface area contributed by atoms with Crippen LogP contribution in [-0.2, 0) is 28.2 Å². The molecule has 0 aliphatic carbocycles. The van der Waals surface area contributed by atoms with Crippen molar-refractivity contribution >= 4 is 20.7 Å². The fourth-order valence-electron chi connectivity index (χ4n) is 4.73. The van der Waals surface area contributed by atoms with Crippen LogP contribution in [0.5, 0.6) is 5.75 Å². The molecule has 3 unspecified atom stereocenters. The fraction of sp³-hybridized carbons (Fsp3) is 0.400. The molecule has 0 radical (unpaired) electrons. The minimum absolute atomic E-state index is 0.0208. The summed E-state index contributed by atoms with van der Waals surface area (Å²) < 4.78 is 77.0. The molecule has 3 atom stereocenters. The molecule has 6 nitrogen and oxygen atoms in total. The van der Waals surface area contributed by atoms with Crippen LogP contribution in [0.3, 0.4) is 0 Å². The van der Waals surface area contributed by atoms with E-state index in [0.717, 1.165) is 26.2 Å². The quantitative estimate of drug-likeness (QED) is 0.526. The molecule has 188 valence electrons. The van der Waals surface area contributed by atoms with Gasteiger partial charge in [0.1, 0.15) is 17.5 Å². The van der Waals surface area contributed by atoms with Crippen LogP contribution in [0.4, 0.5) is 13.2 Å². The highest BCUT2D eigenvalue weighted by molar-refractivity contribution is 7.90. The van der Waals surface area contributed by atoms with E-state index < -0.39 is 40.0 Å². The molecule has 0 saturated heterocycles. The standard InChI is InChI=1S/C25H26F3NO5S/c1-24(31,14-29-10-8-20(30)17-6-4-5-7-19(17)29)22(26)25(2,23(27)28)18-13-16(35(3,32)33)12-15-9-11-34-21(15)18/h4-8,10,12-13,22-23,31H,9,11,14H2,1-3H3. The second kappa shape index (κ2) is 8.67. The lowest BCUT2D eigenvalue weighted by molar-refractivity contribution is -0.102. The first-order valence-corrected chi connectivity index (χ1v) is 12.9. The van der Waals surface area contributed by atoms with Crippen molar-refractivity contribution in [1.82, 2.24) is 4.57 Å². The lowest BCUT2D eigenvalue weighted by Crippen LogP contribution is -2.55. The Morgan fingerprint density at radius 2 is 1.83 bits per heavy atom. The van der Waals surface area contributed by atoms with Crippen molar-refractivity contribution in [2.75, 3.05) is 12.9 Å². The van der Waals surface area contributed by atoms with E-state index in [4.69, 9.17) is 4.74 Å². The van der Waals surface area contributed by atoms with Gasteiger partial charge >= 0.3 is 0 Å². The summed E-state index contributed by atoms with van der Waals surface area (Å²) in [7, 11) is -3.79. The van der Waals surface area contributed by atoms with Gasteiger partial charge in [-0.05, 0) is 43.7 Å². The van der Waals surface area contributed by atoms with Crippen LogP contribution in [0.2, 0.25) is 0 Å². The number of aliphatic hydroxyl groups is 1. The number of hydrogen-bond donors (Lipinski definition) is 1. The van der Waals surface area contributed by atoms with Gasteiger partial charge in [0, 0.05) is 35.9 Å². The summed E-state index contributed by atoms with van der Waals surface area (Å²) in [6, 6.07) is 10.1. The Hall–Kier alpha value is -2.85. The number of benzene rings is 2. The van der Waals surface area contributed by atoms with E-state index in [1.54, 1.807) is 24.3 Å². The fourth-order valence-corrected chi connectivity index (χ4v) is 5.42. The minimum atomic E-state index is -3.79. The highest BCUT2D eigenvalue weighted by Gasteiger charge is 2.55. The Kier molecular flexibility index (Phi) is 6.25. The number of aromatic nitrogens is 1. The maximum Gasteiger partial charge on any atom is 0.250 e. The first-order chi connectivity index (χ1) is 16.3. The van der Waals surface area contributed by atoms with Crippen LogP contribution in [0.1, 0.15) is 25.0 Å². The summed E-state index contributed by atoms with van der Waals surface area (Å²) in [4.78, 5) is 12.0. The van der Waals surface area contributed by atoms with Crippen molar-refractivity contribution in [2.24, 2.45) is 0 Å². The zero-order chi connectivity index (χ0) is 25.8. The third kappa shape index (κ3) is 4.33. The average molecular weight is 510 g/mol. The molecule has 10 heteroatoms. The summed E-state index contributed by atoms with van der Waals surface area (Å²) in [5.74, 6) is 0.0208. The minimum Gasteiger partial charge on any atom is -0.493 e. The molecule has 0 bridgehead atoms. The summed E-state index contributed by atoms with van der Waals surface area (Å²) in [6.45, 7) is 1.77. The maximum atomic E-state index is 16.2. The maximum absolute atomic E-state index is 16.2. The molecule has 1 aromatic heterocycles. The lowest BCUT2D eigenvalue weighted by Gasteiger charge is -2.41. The molecule has 0 fully saturated rings. The Morgan fingerprint density at radius 1 is 1.14 bits per heavy atom. The number of pyridine rings is 1. The van der Waals surface area contributed by atoms with Crippen LogP contribution >= 0.6 is 0 Å².